The number of rotatable bonds is 1. The number of piperidine rings is 1. The van der Waals surface area contributed by atoms with Crippen molar-refractivity contribution in [2.75, 3.05) is 40.4 Å². The summed E-state index contributed by atoms with van der Waals surface area (Å²) in [6.45, 7) is 2.02. The minimum Gasteiger partial charge on any atom is -0.452 e. The largest absolute Gasteiger partial charge is 0.452 e. The fraction of sp³-hybridized carbons (Fsp3) is 0.846. The number of nitrogens with zero attached hydrogens (tertiary/aromatic N) is 3. The molecule has 2 saturated heterocycles. The maximum absolute atomic E-state index is 11.9. The van der Waals surface area contributed by atoms with E-state index in [1.54, 1.807) is 0 Å². The summed E-state index contributed by atoms with van der Waals surface area (Å²) >= 11 is 0. The van der Waals surface area contributed by atoms with Crippen LogP contribution in [0.15, 0.2) is 0 Å². The molecule has 2 aliphatic heterocycles. The number of hydrogen-bond donors (Lipinski definition) is 1. The summed E-state index contributed by atoms with van der Waals surface area (Å²) in [5.74, 6) is 0. The van der Waals surface area contributed by atoms with Crippen molar-refractivity contribution >= 4 is 12.2 Å². The highest BCUT2D eigenvalue weighted by molar-refractivity contribution is 5.74. The summed E-state index contributed by atoms with van der Waals surface area (Å²) in [6, 6.07) is -0.190. The van der Waals surface area contributed by atoms with Gasteiger partial charge in [-0.15, -0.1) is 0 Å². The van der Waals surface area contributed by atoms with Crippen LogP contribution < -0.4 is 0 Å². The second-order valence-corrected chi connectivity index (χ2v) is 5.34. The van der Waals surface area contributed by atoms with Gasteiger partial charge in [-0.25, -0.2) is 19.6 Å². The van der Waals surface area contributed by atoms with Crippen LogP contribution in [0.3, 0.4) is 0 Å². The number of hydrazine groups is 1. The lowest BCUT2D eigenvalue weighted by atomic mass is 10.0. The van der Waals surface area contributed by atoms with Crippen molar-refractivity contribution in [1.82, 2.24) is 14.9 Å². The molecule has 8 nitrogen and oxygen atoms in total. The Morgan fingerprint density at radius 1 is 0.952 bits per heavy atom. The Balaban J connectivity index is 2.13. The Kier molecular flexibility index (Phi) is 5.24. The number of β-amino-alcohol motifs (C(OH)–C–C–N with tert-alkyl or cyclic N) is 1. The molecule has 21 heavy (non-hydrogen) atoms. The second kappa shape index (κ2) is 6.95. The molecule has 0 aromatic carbocycles. The average molecular weight is 301 g/mol. The monoisotopic (exact) mass is 301 g/mol. The number of aliphatic hydroxyl groups is 1. The van der Waals surface area contributed by atoms with Crippen LogP contribution in [0, 0.1) is 0 Å². The maximum Gasteiger partial charge on any atom is 0.428 e. The van der Waals surface area contributed by atoms with E-state index in [4.69, 9.17) is 4.74 Å². The molecule has 0 saturated carbocycles. The van der Waals surface area contributed by atoms with Crippen LogP contribution in [-0.2, 0) is 9.47 Å². The Labute approximate surface area is 124 Å². The molecule has 2 aliphatic rings. The molecule has 2 atom stereocenters. The second-order valence-electron chi connectivity index (χ2n) is 5.34. The van der Waals surface area contributed by atoms with Gasteiger partial charge in [0.25, 0.3) is 0 Å². The summed E-state index contributed by atoms with van der Waals surface area (Å²) in [4.78, 5) is 25.8. The number of aliphatic hydroxyl groups excluding tert-OH is 1. The van der Waals surface area contributed by atoms with Crippen LogP contribution >= 0.6 is 0 Å². The van der Waals surface area contributed by atoms with E-state index in [0.29, 0.717) is 0 Å². The highest BCUT2D eigenvalue weighted by Crippen LogP contribution is 2.22. The molecule has 0 aromatic heterocycles. The van der Waals surface area contributed by atoms with Crippen LogP contribution in [0.1, 0.15) is 19.3 Å². The van der Waals surface area contributed by atoms with Crippen molar-refractivity contribution in [3.05, 3.63) is 0 Å². The van der Waals surface area contributed by atoms with E-state index >= 15 is 0 Å². The third-order valence-electron chi connectivity index (χ3n) is 4.09. The molecule has 1 N–H and O–H groups in total. The van der Waals surface area contributed by atoms with Gasteiger partial charge in [0.1, 0.15) is 0 Å². The van der Waals surface area contributed by atoms with E-state index in [1.165, 1.54) is 25.6 Å². The average Bonchev–Trinajstić information content (AvgIpc) is 2.53. The zero-order valence-electron chi connectivity index (χ0n) is 12.5. The van der Waals surface area contributed by atoms with Crippen molar-refractivity contribution in [3.8, 4) is 0 Å². The normalized spacial score (nSPS) is 27.4. The number of methoxy groups -OCH3 is 2. The first-order valence-electron chi connectivity index (χ1n) is 7.21. The minimum atomic E-state index is -0.719. The molecule has 2 heterocycles. The van der Waals surface area contributed by atoms with Gasteiger partial charge in [0.15, 0.2) is 0 Å². The highest BCUT2D eigenvalue weighted by atomic mass is 16.6. The third-order valence-corrected chi connectivity index (χ3v) is 4.09. The Morgan fingerprint density at radius 2 is 1.48 bits per heavy atom. The van der Waals surface area contributed by atoms with Crippen molar-refractivity contribution in [1.29, 1.82) is 0 Å². The highest BCUT2D eigenvalue weighted by Gasteiger charge is 2.42. The van der Waals surface area contributed by atoms with Crippen molar-refractivity contribution in [2.45, 2.75) is 31.4 Å². The lowest BCUT2D eigenvalue weighted by Crippen LogP contribution is -2.66. The summed E-state index contributed by atoms with van der Waals surface area (Å²) in [6.07, 6.45) is 1.33. The summed E-state index contributed by atoms with van der Waals surface area (Å²) in [7, 11) is 2.50. The van der Waals surface area contributed by atoms with Crippen molar-refractivity contribution in [3.63, 3.8) is 0 Å². The van der Waals surface area contributed by atoms with Crippen LogP contribution in [0.2, 0.25) is 0 Å². The predicted octanol–water partition coefficient (Wildman–Crippen LogP) is 0.267. The molecule has 8 heteroatoms. The van der Waals surface area contributed by atoms with E-state index < -0.39 is 18.3 Å². The summed E-state index contributed by atoms with van der Waals surface area (Å²) < 4.78 is 9.38. The van der Waals surface area contributed by atoms with Gasteiger partial charge in [0.2, 0.25) is 0 Å². The van der Waals surface area contributed by atoms with E-state index in [2.05, 4.69) is 9.64 Å². The molecule has 120 valence electrons. The van der Waals surface area contributed by atoms with Gasteiger partial charge in [-0.2, -0.15) is 0 Å². The lowest BCUT2D eigenvalue weighted by molar-refractivity contribution is -0.105. The Hall–Kier alpha value is -1.54. The van der Waals surface area contributed by atoms with E-state index in [0.717, 1.165) is 30.9 Å². The number of carbonyl (C=O) groups is 2. The number of amides is 2. The summed E-state index contributed by atoms with van der Waals surface area (Å²) in [5.41, 5.74) is 0. The maximum atomic E-state index is 11.9. The smallest absolute Gasteiger partial charge is 0.428 e. The first-order valence-corrected chi connectivity index (χ1v) is 7.21. The van der Waals surface area contributed by atoms with Gasteiger partial charge in [0.05, 0.1) is 39.5 Å². The number of carbonyl (C=O) groups excluding carboxylic acids is 2. The molecule has 2 fully saturated rings. The van der Waals surface area contributed by atoms with Crippen LogP contribution in [0.5, 0.6) is 0 Å². The van der Waals surface area contributed by atoms with Gasteiger partial charge in [-0.3, -0.25) is 4.90 Å². The topological polar surface area (TPSA) is 82.6 Å². The zero-order chi connectivity index (χ0) is 15.4. The number of likely N-dealkylation sites (tertiary alicyclic amines) is 1. The number of hydrogen-bond acceptors (Lipinski definition) is 6. The van der Waals surface area contributed by atoms with Gasteiger partial charge < -0.3 is 14.6 Å². The SMILES string of the molecule is COC(=O)N1C[C@@H](N2CCCCC2)[C@@H](O)CN1C(=O)OC. The molecular formula is C13H23N3O5. The van der Waals surface area contributed by atoms with E-state index in [-0.39, 0.29) is 19.1 Å². The van der Waals surface area contributed by atoms with Gasteiger partial charge in [-0.05, 0) is 25.9 Å². The molecule has 2 amide bonds. The molecular weight excluding hydrogens is 278 g/mol. The first-order chi connectivity index (χ1) is 10.1. The molecule has 0 spiro atoms. The predicted molar refractivity (Wildman–Crippen MR) is 73.4 cm³/mol. The lowest BCUT2D eigenvalue weighted by Gasteiger charge is -2.46. The molecule has 2 rings (SSSR count). The van der Waals surface area contributed by atoms with Gasteiger partial charge >= 0.3 is 12.2 Å². The number of ether oxygens (including phenoxy) is 2. The first kappa shape index (κ1) is 15.8. The molecule has 0 aromatic rings. The van der Waals surface area contributed by atoms with Crippen molar-refractivity contribution in [2.24, 2.45) is 0 Å². The van der Waals surface area contributed by atoms with E-state index in [1.807, 2.05) is 0 Å². The summed E-state index contributed by atoms with van der Waals surface area (Å²) in [5, 5.41) is 12.6. The van der Waals surface area contributed by atoms with E-state index in [9.17, 15) is 14.7 Å². The Morgan fingerprint density at radius 3 is 2.00 bits per heavy atom. The molecule has 0 radical (unpaired) electrons. The standard InChI is InChI=1S/C13H23N3O5/c1-20-12(18)15-8-10(14-6-4-3-5-7-14)11(17)9-16(15)13(19)21-2/h10-11,17H,3-9H2,1-2H3/t10-,11+/m1/s1. The zero-order valence-corrected chi connectivity index (χ0v) is 12.5. The van der Waals surface area contributed by atoms with Gasteiger partial charge in [-0.1, -0.05) is 6.42 Å². The Bertz CT molecular complexity index is 386. The fourth-order valence-electron chi connectivity index (χ4n) is 2.96. The van der Waals surface area contributed by atoms with Crippen molar-refractivity contribution < 1.29 is 24.2 Å². The van der Waals surface area contributed by atoms with Crippen LogP contribution in [0.25, 0.3) is 0 Å². The molecule has 0 unspecified atom stereocenters. The van der Waals surface area contributed by atoms with Gasteiger partial charge in [0, 0.05) is 0 Å². The quantitative estimate of drug-likeness (QED) is 0.748. The third kappa shape index (κ3) is 3.38. The minimum absolute atomic E-state index is 0.0168. The molecule has 0 aliphatic carbocycles. The molecule has 0 bridgehead atoms. The fourth-order valence-corrected chi connectivity index (χ4v) is 2.96. The van der Waals surface area contributed by atoms with Crippen LogP contribution in [0.4, 0.5) is 9.59 Å². The van der Waals surface area contributed by atoms with Crippen LogP contribution in [-0.4, -0.2) is 84.8 Å².